The number of primary amides is 1. The van der Waals surface area contributed by atoms with Gasteiger partial charge in [-0.2, -0.15) is 4.98 Å². The molecule has 0 spiro atoms. The number of rotatable bonds is 18. The first-order valence-electron chi connectivity index (χ1n) is 17.5. The zero-order valence-corrected chi connectivity index (χ0v) is 31.9. The molecule has 0 bridgehead atoms. The molecule has 3 aromatic carbocycles. The highest BCUT2D eigenvalue weighted by Gasteiger charge is 2.25. The Hall–Kier alpha value is -6.53. The Balaban J connectivity index is 0.000000271. The van der Waals surface area contributed by atoms with E-state index in [4.69, 9.17) is 30.1 Å². The van der Waals surface area contributed by atoms with Gasteiger partial charge in [-0.3, -0.25) is 42.5 Å². The molecule has 0 atom stereocenters. The molecule has 2 heterocycles. The summed E-state index contributed by atoms with van der Waals surface area (Å²) < 4.78 is 27.9. The molecule has 20 heteroatoms. The van der Waals surface area contributed by atoms with Crippen LogP contribution in [0.25, 0.3) is 11.2 Å². The number of phosphoric ester groups is 1. The van der Waals surface area contributed by atoms with Gasteiger partial charge in [-0.25, -0.2) is 14.5 Å². The fourth-order valence-corrected chi connectivity index (χ4v) is 6.03. The van der Waals surface area contributed by atoms with Crippen LogP contribution in [0.4, 0.5) is 23.0 Å². The third kappa shape index (κ3) is 13.6. The summed E-state index contributed by atoms with van der Waals surface area (Å²) in [6.07, 6.45) is 1.64. The quantitative estimate of drug-likeness (QED) is 0.0584. The van der Waals surface area contributed by atoms with Crippen molar-refractivity contribution in [3.63, 3.8) is 0 Å². The van der Waals surface area contributed by atoms with Gasteiger partial charge in [-0.15, -0.1) is 0 Å². The van der Waals surface area contributed by atoms with E-state index in [2.05, 4.69) is 35.9 Å². The lowest BCUT2D eigenvalue weighted by molar-refractivity contribution is -0.137. The molecule has 3 amide bonds. The van der Waals surface area contributed by atoms with Crippen molar-refractivity contribution in [3.8, 4) is 0 Å². The topological polar surface area (TPSA) is 293 Å². The number of fused-ring (bicyclic) bond motifs is 1. The van der Waals surface area contributed by atoms with Crippen molar-refractivity contribution >= 4 is 65.7 Å². The van der Waals surface area contributed by atoms with Gasteiger partial charge >= 0.3 is 13.8 Å². The van der Waals surface area contributed by atoms with Crippen molar-refractivity contribution in [1.82, 2.24) is 19.9 Å². The van der Waals surface area contributed by atoms with Gasteiger partial charge in [0.15, 0.2) is 11.2 Å². The van der Waals surface area contributed by atoms with Crippen molar-refractivity contribution in [2.75, 3.05) is 34.9 Å². The van der Waals surface area contributed by atoms with Crippen LogP contribution in [0.15, 0.2) is 83.8 Å². The van der Waals surface area contributed by atoms with Crippen molar-refractivity contribution < 1.29 is 42.4 Å². The maximum absolute atomic E-state index is 12.8. The Kier molecular flexibility index (Phi) is 15.9. The fraction of sp³-hybridized carbons (Fsp3) is 0.243. The summed E-state index contributed by atoms with van der Waals surface area (Å²) in [5, 5.41) is 17.2. The van der Waals surface area contributed by atoms with Gasteiger partial charge in [-0.1, -0.05) is 24.3 Å². The van der Waals surface area contributed by atoms with E-state index < -0.39 is 31.2 Å². The van der Waals surface area contributed by atoms with Gasteiger partial charge < -0.3 is 32.5 Å². The highest BCUT2D eigenvalue weighted by Crippen LogP contribution is 2.49. The van der Waals surface area contributed by atoms with Crippen molar-refractivity contribution in [1.29, 1.82) is 0 Å². The highest BCUT2D eigenvalue weighted by atomic mass is 31.2. The van der Waals surface area contributed by atoms with Crippen LogP contribution in [-0.4, -0.2) is 61.9 Å². The summed E-state index contributed by atoms with van der Waals surface area (Å²) >= 11 is 0. The maximum Gasteiger partial charge on any atom is 0.475 e. The number of aliphatic carboxylic acids is 1. The first-order chi connectivity index (χ1) is 27.3. The SMILES string of the molecule is CCOP(=O)(OCC)OCc1ccc(NC(=O)c2ccccc2NC(=O)CCCC(=O)O)cc1.NC(=O)c1ccc(NCc2cnc3nc(N)[nH]c(=O)c3n2)cc1. The molecule has 2 aromatic heterocycles. The summed E-state index contributed by atoms with van der Waals surface area (Å²) in [5.74, 6) is -2.26. The summed E-state index contributed by atoms with van der Waals surface area (Å²) in [4.78, 5) is 72.8. The number of carboxylic acids is 1. The van der Waals surface area contributed by atoms with E-state index in [9.17, 15) is 28.5 Å². The molecular formula is C37H42N9O10P. The minimum atomic E-state index is -3.62. The zero-order valence-electron chi connectivity index (χ0n) is 31.0. The number of carbonyl (C=O) groups is 4. The standard InChI is InChI=1S/C23H29N2O8P.C14H13N7O2/c1-3-31-34(30,32-4-2)33-16-17-12-14-18(15-13-17)24-23(29)19-8-5-6-9-20(19)25-21(26)10-7-11-22(27)28;15-11(22)7-1-3-8(4-2-7)17-5-9-6-18-12-10(19-9)13(23)21-14(16)20-12/h5-6,8-9,12-15H,3-4,7,10-11,16H2,1-2H3,(H,24,29)(H,25,26)(H,27,28);1-4,6,17H,5H2,(H2,15,22)(H3,16,18,20,21,23). The lowest BCUT2D eigenvalue weighted by Gasteiger charge is -2.16. The first-order valence-corrected chi connectivity index (χ1v) is 18.9. The summed E-state index contributed by atoms with van der Waals surface area (Å²) in [6.45, 7) is 4.11. The van der Waals surface area contributed by atoms with Crippen LogP contribution < -0.4 is 33.0 Å². The second-order valence-electron chi connectivity index (χ2n) is 11.8. The number of hydrogen-bond acceptors (Lipinski definition) is 14. The molecule has 0 aliphatic carbocycles. The second-order valence-corrected chi connectivity index (χ2v) is 13.5. The Morgan fingerprint density at radius 1 is 0.860 bits per heavy atom. The van der Waals surface area contributed by atoms with E-state index in [1.165, 1.54) is 6.20 Å². The Morgan fingerprint density at radius 3 is 2.18 bits per heavy atom. The molecule has 0 aliphatic heterocycles. The second kappa shape index (κ2) is 21.0. The number of aromatic amines is 1. The number of benzene rings is 3. The maximum atomic E-state index is 12.8. The number of nitrogens with zero attached hydrogens (tertiary/aromatic N) is 3. The molecule has 9 N–H and O–H groups in total. The van der Waals surface area contributed by atoms with Gasteiger partial charge in [0.2, 0.25) is 17.8 Å². The summed E-state index contributed by atoms with van der Waals surface area (Å²) in [5.41, 5.74) is 14.1. The van der Waals surface area contributed by atoms with E-state index >= 15 is 0 Å². The Bertz CT molecular complexity index is 2280. The van der Waals surface area contributed by atoms with Crippen LogP contribution in [-0.2, 0) is 40.9 Å². The molecule has 19 nitrogen and oxygen atoms in total. The minimum Gasteiger partial charge on any atom is -0.481 e. The average Bonchev–Trinajstić information content (AvgIpc) is 3.17. The average molecular weight is 804 g/mol. The van der Waals surface area contributed by atoms with Gasteiger partial charge in [0, 0.05) is 29.8 Å². The molecule has 0 unspecified atom stereocenters. The molecule has 0 aliphatic rings. The molecule has 0 fully saturated rings. The lowest BCUT2D eigenvalue weighted by Crippen LogP contribution is -2.18. The van der Waals surface area contributed by atoms with E-state index in [0.717, 1.165) is 5.69 Å². The van der Waals surface area contributed by atoms with Crippen LogP contribution >= 0.6 is 7.82 Å². The first kappa shape index (κ1) is 43.2. The molecule has 0 radical (unpaired) electrons. The Labute approximate surface area is 326 Å². The van der Waals surface area contributed by atoms with Crippen LogP contribution in [0.5, 0.6) is 0 Å². The molecule has 300 valence electrons. The normalized spacial score (nSPS) is 10.9. The number of para-hydroxylation sites is 1. The molecule has 0 saturated heterocycles. The number of hydrogen-bond donors (Lipinski definition) is 7. The minimum absolute atomic E-state index is 0.00223. The van der Waals surface area contributed by atoms with Crippen LogP contribution in [0, 0.1) is 0 Å². The predicted octanol–water partition coefficient (Wildman–Crippen LogP) is 4.84. The van der Waals surface area contributed by atoms with E-state index in [-0.39, 0.29) is 67.7 Å². The Morgan fingerprint density at radius 2 is 1.53 bits per heavy atom. The summed E-state index contributed by atoms with van der Waals surface area (Å²) in [7, 11) is -3.62. The third-order valence-corrected chi connectivity index (χ3v) is 9.14. The zero-order chi connectivity index (χ0) is 41.4. The fourth-order valence-electron chi connectivity index (χ4n) is 4.87. The summed E-state index contributed by atoms with van der Waals surface area (Å²) in [6, 6.07) is 19.9. The number of aromatic nitrogens is 4. The van der Waals surface area contributed by atoms with E-state index in [1.54, 1.807) is 86.6 Å². The molecule has 57 heavy (non-hydrogen) atoms. The highest BCUT2D eigenvalue weighted by molar-refractivity contribution is 7.48. The number of carboxylic acid groups (broad SMARTS) is 1. The number of anilines is 4. The number of amides is 3. The van der Waals surface area contributed by atoms with Crippen LogP contribution in [0.1, 0.15) is 65.1 Å². The van der Waals surface area contributed by atoms with E-state index in [1.807, 2.05) is 0 Å². The molecule has 5 rings (SSSR count). The number of nitrogens with one attached hydrogen (secondary N) is 4. The lowest BCUT2D eigenvalue weighted by atomic mass is 10.1. The van der Waals surface area contributed by atoms with Crippen LogP contribution in [0.2, 0.25) is 0 Å². The van der Waals surface area contributed by atoms with Crippen molar-refractivity contribution in [2.24, 2.45) is 5.73 Å². The monoisotopic (exact) mass is 803 g/mol. The molecule has 5 aromatic rings. The van der Waals surface area contributed by atoms with Gasteiger partial charge in [0.05, 0.1) is 49.5 Å². The number of H-pyrrole nitrogens is 1. The van der Waals surface area contributed by atoms with E-state index in [0.29, 0.717) is 34.7 Å². The smallest absolute Gasteiger partial charge is 0.475 e. The van der Waals surface area contributed by atoms with Crippen LogP contribution in [0.3, 0.4) is 0 Å². The number of nitrogens with two attached hydrogens (primary N) is 2. The molecule has 0 saturated carbocycles. The molecular weight excluding hydrogens is 761 g/mol. The van der Waals surface area contributed by atoms with Crippen molar-refractivity contribution in [2.45, 2.75) is 46.3 Å². The predicted molar refractivity (Wildman–Crippen MR) is 211 cm³/mol. The van der Waals surface area contributed by atoms with Crippen molar-refractivity contribution in [3.05, 3.63) is 112 Å². The van der Waals surface area contributed by atoms with Gasteiger partial charge in [-0.05, 0) is 74.4 Å². The van der Waals surface area contributed by atoms with Gasteiger partial charge in [0.25, 0.3) is 11.5 Å². The number of carbonyl (C=O) groups excluding carboxylic acids is 3. The number of phosphoric acid groups is 1. The van der Waals surface area contributed by atoms with Gasteiger partial charge in [0.1, 0.15) is 0 Å². The third-order valence-electron chi connectivity index (χ3n) is 7.54. The largest absolute Gasteiger partial charge is 0.481 e. The number of nitrogen functional groups attached to an aromatic ring is 1.